The molecule has 0 fully saturated rings. The zero-order valence-corrected chi connectivity index (χ0v) is 10.7. The van der Waals surface area contributed by atoms with Crippen LogP contribution in [0.2, 0.25) is 0 Å². The van der Waals surface area contributed by atoms with Gasteiger partial charge in [0.15, 0.2) is 0 Å². The first-order chi connectivity index (χ1) is 8.36. The van der Waals surface area contributed by atoms with Gasteiger partial charge in [-0.1, -0.05) is 19.9 Å². The molecule has 0 aromatic carbocycles. The molecule has 96 valence electrons. The van der Waals surface area contributed by atoms with Crippen LogP contribution in [0.4, 0.5) is 0 Å². The fourth-order valence-electron chi connectivity index (χ4n) is 1.45. The maximum Gasteiger partial charge on any atom is 0.0538 e. The van der Waals surface area contributed by atoms with E-state index >= 15 is 0 Å². The molecule has 0 saturated carbocycles. The fraction of sp³-hybridized carbons (Fsp3) is 0.615. The molecule has 0 spiro atoms. The molecular formula is C13H23N3O. The first kappa shape index (κ1) is 13.9. The minimum atomic E-state index is 0.846. The van der Waals surface area contributed by atoms with Gasteiger partial charge in [-0.15, -0.1) is 0 Å². The van der Waals surface area contributed by atoms with Crippen LogP contribution in [0.15, 0.2) is 19.0 Å². The molecule has 4 nitrogen and oxygen atoms in total. The molecule has 0 aliphatic carbocycles. The molecule has 1 rings (SSSR count). The Kier molecular flexibility index (Phi) is 7.34. The summed E-state index contributed by atoms with van der Waals surface area (Å²) in [5.74, 6) is 0. The lowest BCUT2D eigenvalue weighted by atomic mass is 10.3. The summed E-state index contributed by atoms with van der Waals surface area (Å²) >= 11 is 0. The zero-order valence-electron chi connectivity index (χ0n) is 10.7. The summed E-state index contributed by atoms with van der Waals surface area (Å²) in [7, 11) is 0. The maximum absolute atomic E-state index is 5.48. The molecule has 0 aliphatic heterocycles. The Morgan fingerprint density at radius 1 is 1.47 bits per heavy atom. The van der Waals surface area contributed by atoms with Crippen molar-refractivity contribution in [3.8, 4) is 0 Å². The van der Waals surface area contributed by atoms with Crippen molar-refractivity contribution >= 4 is 6.20 Å². The van der Waals surface area contributed by atoms with Gasteiger partial charge in [0.2, 0.25) is 0 Å². The number of aromatic nitrogens is 2. The average Bonchev–Trinajstić information content (AvgIpc) is 2.80. The number of ether oxygens (including phenoxy) is 1. The number of nitrogens with zero attached hydrogens (tertiary/aromatic N) is 2. The predicted molar refractivity (Wildman–Crippen MR) is 70.7 cm³/mol. The van der Waals surface area contributed by atoms with E-state index in [-0.39, 0.29) is 0 Å². The second kappa shape index (κ2) is 8.96. The molecule has 0 saturated heterocycles. The second-order valence-corrected chi connectivity index (χ2v) is 4.01. The Morgan fingerprint density at radius 2 is 2.29 bits per heavy atom. The van der Waals surface area contributed by atoms with Crippen molar-refractivity contribution in [2.75, 3.05) is 19.8 Å². The largest absolute Gasteiger partial charge is 0.381 e. The molecule has 1 heterocycles. The molecule has 0 amide bonds. The fourth-order valence-corrected chi connectivity index (χ4v) is 1.45. The predicted octanol–water partition coefficient (Wildman–Crippen LogP) is 2.28. The topological polar surface area (TPSA) is 39.1 Å². The first-order valence-electron chi connectivity index (χ1n) is 6.31. The maximum atomic E-state index is 5.48. The molecule has 0 radical (unpaired) electrons. The minimum Gasteiger partial charge on any atom is -0.381 e. The second-order valence-electron chi connectivity index (χ2n) is 4.01. The van der Waals surface area contributed by atoms with Crippen molar-refractivity contribution in [1.29, 1.82) is 0 Å². The molecule has 1 aromatic rings. The van der Waals surface area contributed by atoms with E-state index < -0.39 is 0 Å². The highest BCUT2D eigenvalue weighted by molar-refractivity contribution is 5.17. The van der Waals surface area contributed by atoms with E-state index in [1.165, 1.54) is 12.0 Å². The van der Waals surface area contributed by atoms with Crippen molar-refractivity contribution in [2.45, 2.75) is 32.7 Å². The van der Waals surface area contributed by atoms with Crippen molar-refractivity contribution in [2.24, 2.45) is 0 Å². The van der Waals surface area contributed by atoms with Crippen molar-refractivity contribution < 1.29 is 4.74 Å². The molecule has 4 heteroatoms. The van der Waals surface area contributed by atoms with E-state index in [1.807, 2.05) is 12.4 Å². The van der Waals surface area contributed by atoms with Gasteiger partial charge in [-0.05, 0) is 19.4 Å². The average molecular weight is 237 g/mol. The van der Waals surface area contributed by atoms with Gasteiger partial charge in [-0.2, -0.15) is 5.10 Å². The van der Waals surface area contributed by atoms with Crippen LogP contribution in [0.3, 0.4) is 0 Å². The highest BCUT2D eigenvalue weighted by atomic mass is 16.5. The Balaban J connectivity index is 1.95. The van der Waals surface area contributed by atoms with E-state index in [0.717, 1.165) is 39.1 Å². The Bertz CT molecular complexity index is 309. The molecule has 0 atom stereocenters. The van der Waals surface area contributed by atoms with Gasteiger partial charge in [0.25, 0.3) is 0 Å². The summed E-state index contributed by atoms with van der Waals surface area (Å²) in [5.41, 5.74) is 1.18. The van der Waals surface area contributed by atoms with Gasteiger partial charge in [0, 0.05) is 37.7 Å². The van der Waals surface area contributed by atoms with E-state index in [9.17, 15) is 0 Å². The van der Waals surface area contributed by atoms with Gasteiger partial charge in [-0.3, -0.25) is 0 Å². The van der Waals surface area contributed by atoms with Crippen molar-refractivity contribution in [3.63, 3.8) is 0 Å². The minimum absolute atomic E-state index is 0.846. The van der Waals surface area contributed by atoms with Gasteiger partial charge >= 0.3 is 0 Å². The van der Waals surface area contributed by atoms with E-state index in [0.29, 0.717) is 0 Å². The normalized spacial score (nSPS) is 10.6. The molecule has 1 N–H and O–H groups in total. The molecule has 0 bridgehead atoms. The summed E-state index contributed by atoms with van der Waals surface area (Å²) in [6.07, 6.45) is 8.92. The van der Waals surface area contributed by atoms with Crippen LogP contribution >= 0.6 is 0 Å². The van der Waals surface area contributed by atoms with Gasteiger partial charge in [0.1, 0.15) is 0 Å². The molecular weight excluding hydrogens is 214 g/mol. The summed E-state index contributed by atoms with van der Waals surface area (Å²) in [6.45, 7) is 9.39. The number of nitrogens with one attached hydrogen (secondary N) is 1. The quantitative estimate of drug-likeness (QED) is 0.635. The van der Waals surface area contributed by atoms with Crippen LogP contribution in [-0.2, 0) is 11.3 Å². The molecule has 1 aromatic heterocycles. The van der Waals surface area contributed by atoms with Crippen molar-refractivity contribution in [3.05, 3.63) is 24.5 Å². The van der Waals surface area contributed by atoms with Crippen LogP contribution in [0, 0.1) is 0 Å². The van der Waals surface area contributed by atoms with Crippen molar-refractivity contribution in [1.82, 2.24) is 15.1 Å². The van der Waals surface area contributed by atoms with Crippen LogP contribution in [0.25, 0.3) is 6.20 Å². The van der Waals surface area contributed by atoms with E-state index in [4.69, 9.17) is 4.74 Å². The number of hydrogen-bond donors (Lipinski definition) is 1. The summed E-state index contributed by atoms with van der Waals surface area (Å²) in [5, 5.41) is 7.48. The lowest BCUT2D eigenvalue weighted by Crippen LogP contribution is -2.16. The Labute approximate surface area is 104 Å². The Morgan fingerprint density at radius 3 is 3.00 bits per heavy atom. The summed E-state index contributed by atoms with van der Waals surface area (Å²) < 4.78 is 7.19. The molecule has 0 aliphatic rings. The van der Waals surface area contributed by atoms with Gasteiger partial charge in [0.05, 0.1) is 6.20 Å². The first-order valence-corrected chi connectivity index (χ1v) is 6.31. The smallest absolute Gasteiger partial charge is 0.0538 e. The van der Waals surface area contributed by atoms with Crippen LogP contribution in [0.5, 0.6) is 0 Å². The Hall–Kier alpha value is -1.13. The highest BCUT2D eigenvalue weighted by Crippen LogP contribution is 1.97. The highest BCUT2D eigenvalue weighted by Gasteiger charge is 1.95. The molecule has 0 unspecified atom stereocenters. The molecule has 17 heavy (non-hydrogen) atoms. The SMILES string of the molecule is C=Cn1cc(CNCCCOCCCC)cn1. The van der Waals surface area contributed by atoms with Crippen LogP contribution in [-0.4, -0.2) is 29.5 Å². The summed E-state index contributed by atoms with van der Waals surface area (Å²) in [6, 6.07) is 0. The lowest BCUT2D eigenvalue weighted by molar-refractivity contribution is 0.129. The number of hydrogen-bond acceptors (Lipinski definition) is 3. The van der Waals surface area contributed by atoms with Crippen LogP contribution in [0.1, 0.15) is 31.7 Å². The third kappa shape index (κ3) is 6.24. The standard InChI is InChI=1S/C13H23N3O/c1-3-5-8-17-9-6-7-14-10-13-11-15-16(4-2)12-13/h4,11-12,14H,2-3,5-10H2,1H3. The lowest BCUT2D eigenvalue weighted by Gasteiger charge is -2.04. The summed E-state index contributed by atoms with van der Waals surface area (Å²) in [4.78, 5) is 0. The van der Waals surface area contributed by atoms with Gasteiger partial charge in [-0.25, -0.2) is 4.68 Å². The third-order valence-electron chi connectivity index (χ3n) is 2.46. The monoisotopic (exact) mass is 237 g/mol. The van der Waals surface area contributed by atoms with E-state index in [2.05, 4.69) is 23.9 Å². The zero-order chi connectivity index (χ0) is 12.3. The third-order valence-corrected chi connectivity index (χ3v) is 2.46. The number of unbranched alkanes of at least 4 members (excludes halogenated alkanes) is 1. The van der Waals surface area contributed by atoms with Gasteiger partial charge < -0.3 is 10.1 Å². The number of rotatable bonds is 10. The van der Waals surface area contributed by atoms with Crippen LogP contribution < -0.4 is 5.32 Å². The van der Waals surface area contributed by atoms with E-state index in [1.54, 1.807) is 10.9 Å².